The quantitative estimate of drug-likeness (QED) is 0.335. The van der Waals surface area contributed by atoms with E-state index in [4.69, 9.17) is 11.6 Å². The molecule has 210 valence electrons. The Morgan fingerprint density at radius 3 is 2.42 bits per heavy atom. The van der Waals surface area contributed by atoms with Crippen molar-refractivity contribution in [2.24, 2.45) is 0 Å². The number of hydrogen-bond donors (Lipinski definition) is 2. The first-order valence-corrected chi connectivity index (χ1v) is 12.4. The Morgan fingerprint density at radius 2 is 1.80 bits per heavy atom. The second-order valence-corrected chi connectivity index (χ2v) is 10.6. The van der Waals surface area contributed by atoms with Gasteiger partial charge in [0.2, 0.25) is 0 Å². The van der Waals surface area contributed by atoms with Crippen LogP contribution in [0.5, 0.6) is 0 Å². The van der Waals surface area contributed by atoms with Crippen LogP contribution in [0.3, 0.4) is 0 Å². The van der Waals surface area contributed by atoms with Crippen LogP contribution in [-0.2, 0) is 12.7 Å². The second kappa shape index (κ2) is 10.7. The molecule has 0 aliphatic carbocycles. The van der Waals surface area contributed by atoms with Gasteiger partial charge in [-0.25, -0.2) is 14.3 Å². The number of pyridine rings is 1. The molecule has 2 N–H and O–H groups in total. The summed E-state index contributed by atoms with van der Waals surface area (Å²) in [4.78, 5) is 31.0. The molecule has 14 heteroatoms. The number of benzene rings is 1. The van der Waals surface area contributed by atoms with Gasteiger partial charge in [-0.2, -0.15) is 18.3 Å². The monoisotopic (exact) mass is 574 g/mol. The Bertz CT molecular complexity index is 1590. The topological polar surface area (TPSA) is 120 Å². The molecule has 0 aliphatic heterocycles. The standard InChI is InChI=1S/C26H26ClF3N8O2/c1-14-9-15(2)21(17(10-14)23(39)33-25(3,4)5)32-24(40)19-11-16(12-37-13-20(34-36-37)26(28,29)30)35-38(19)22-18(27)7-6-8-31-22/h6-11,13H,12H2,1-5H3,(H,32,40)(H,33,39). The lowest BCUT2D eigenvalue weighted by Crippen LogP contribution is -2.41. The van der Waals surface area contributed by atoms with Crippen molar-refractivity contribution in [1.82, 2.24) is 35.1 Å². The van der Waals surface area contributed by atoms with Gasteiger partial charge in [-0.3, -0.25) is 9.59 Å². The van der Waals surface area contributed by atoms with Crippen LogP contribution in [0.2, 0.25) is 5.02 Å². The molecule has 0 aliphatic rings. The Kier molecular flexibility index (Phi) is 7.70. The third-order valence-electron chi connectivity index (χ3n) is 5.54. The summed E-state index contributed by atoms with van der Waals surface area (Å²) in [6.07, 6.45) is -2.47. The van der Waals surface area contributed by atoms with Gasteiger partial charge in [0.15, 0.2) is 11.5 Å². The first kappa shape index (κ1) is 28.7. The number of halogens is 4. The fraction of sp³-hybridized carbons (Fsp3) is 0.308. The number of rotatable bonds is 6. The molecule has 4 rings (SSSR count). The maximum absolute atomic E-state index is 13.7. The van der Waals surface area contributed by atoms with Crippen LogP contribution in [0.4, 0.5) is 18.9 Å². The molecule has 0 fully saturated rings. The molecular weight excluding hydrogens is 549 g/mol. The van der Waals surface area contributed by atoms with E-state index in [1.54, 1.807) is 25.1 Å². The molecule has 0 unspecified atom stereocenters. The molecule has 0 bridgehead atoms. The highest BCUT2D eigenvalue weighted by Crippen LogP contribution is 2.28. The third-order valence-corrected chi connectivity index (χ3v) is 5.83. The molecule has 0 saturated heterocycles. The van der Waals surface area contributed by atoms with Crippen molar-refractivity contribution in [3.05, 3.63) is 81.5 Å². The highest BCUT2D eigenvalue weighted by Gasteiger charge is 2.34. The van der Waals surface area contributed by atoms with Gasteiger partial charge >= 0.3 is 6.18 Å². The molecule has 1 aromatic carbocycles. The summed E-state index contributed by atoms with van der Waals surface area (Å²) in [5.74, 6) is -0.892. The van der Waals surface area contributed by atoms with Crippen molar-refractivity contribution in [2.45, 2.75) is 52.9 Å². The van der Waals surface area contributed by atoms with Gasteiger partial charge in [0, 0.05) is 11.7 Å². The van der Waals surface area contributed by atoms with E-state index in [2.05, 4.69) is 31.0 Å². The highest BCUT2D eigenvalue weighted by atomic mass is 35.5. The average Bonchev–Trinajstić information content (AvgIpc) is 3.47. The zero-order valence-corrected chi connectivity index (χ0v) is 23.0. The van der Waals surface area contributed by atoms with Gasteiger partial charge in [0.05, 0.1) is 34.7 Å². The fourth-order valence-corrected chi connectivity index (χ4v) is 4.14. The van der Waals surface area contributed by atoms with E-state index in [0.29, 0.717) is 11.3 Å². The lowest BCUT2D eigenvalue weighted by molar-refractivity contribution is -0.141. The lowest BCUT2D eigenvalue weighted by Gasteiger charge is -2.22. The first-order valence-electron chi connectivity index (χ1n) is 12.0. The summed E-state index contributed by atoms with van der Waals surface area (Å²) in [5.41, 5.74) is 0.534. The van der Waals surface area contributed by atoms with Crippen LogP contribution in [-0.4, -0.2) is 47.1 Å². The molecule has 4 aromatic rings. The summed E-state index contributed by atoms with van der Waals surface area (Å²) in [6.45, 7) is 8.91. The largest absolute Gasteiger partial charge is 0.436 e. The van der Waals surface area contributed by atoms with Crippen molar-refractivity contribution in [1.29, 1.82) is 0 Å². The van der Waals surface area contributed by atoms with Crippen LogP contribution in [0.1, 0.15) is 64.1 Å². The van der Waals surface area contributed by atoms with E-state index in [0.717, 1.165) is 16.4 Å². The van der Waals surface area contributed by atoms with E-state index in [1.807, 2.05) is 33.8 Å². The summed E-state index contributed by atoms with van der Waals surface area (Å²) in [5, 5.41) is 16.9. The lowest BCUT2D eigenvalue weighted by atomic mass is 10.0. The summed E-state index contributed by atoms with van der Waals surface area (Å²) < 4.78 is 41.1. The second-order valence-electron chi connectivity index (χ2n) is 10.2. The predicted octanol–water partition coefficient (Wildman–Crippen LogP) is 4.98. The van der Waals surface area contributed by atoms with Crippen molar-refractivity contribution in [2.75, 3.05) is 5.32 Å². The van der Waals surface area contributed by atoms with Gasteiger partial charge in [0.25, 0.3) is 11.8 Å². The van der Waals surface area contributed by atoms with Crippen LogP contribution in [0.25, 0.3) is 5.82 Å². The highest BCUT2D eigenvalue weighted by molar-refractivity contribution is 6.32. The van der Waals surface area contributed by atoms with Crippen molar-refractivity contribution < 1.29 is 22.8 Å². The minimum atomic E-state index is -4.66. The summed E-state index contributed by atoms with van der Waals surface area (Å²) in [6, 6.07) is 8.03. The number of carbonyl (C=O) groups is 2. The van der Waals surface area contributed by atoms with E-state index >= 15 is 0 Å². The predicted molar refractivity (Wildman–Crippen MR) is 142 cm³/mol. The Balaban J connectivity index is 1.74. The van der Waals surface area contributed by atoms with Gasteiger partial charge in [-0.15, -0.1) is 5.10 Å². The molecule has 10 nitrogen and oxygen atoms in total. The number of nitrogens with one attached hydrogen (secondary N) is 2. The van der Waals surface area contributed by atoms with Gasteiger partial charge < -0.3 is 10.6 Å². The van der Waals surface area contributed by atoms with Crippen LogP contribution in [0, 0.1) is 13.8 Å². The summed E-state index contributed by atoms with van der Waals surface area (Å²) >= 11 is 6.33. The van der Waals surface area contributed by atoms with Crippen LogP contribution in [0.15, 0.2) is 42.7 Å². The zero-order valence-electron chi connectivity index (χ0n) is 22.3. The minimum absolute atomic E-state index is 0.0195. The molecule has 40 heavy (non-hydrogen) atoms. The zero-order chi connectivity index (χ0) is 29.4. The summed E-state index contributed by atoms with van der Waals surface area (Å²) in [7, 11) is 0. The Morgan fingerprint density at radius 1 is 1.07 bits per heavy atom. The van der Waals surface area contributed by atoms with E-state index in [-0.39, 0.29) is 40.2 Å². The third kappa shape index (κ3) is 6.47. The van der Waals surface area contributed by atoms with Gasteiger partial charge in [0.1, 0.15) is 5.69 Å². The van der Waals surface area contributed by atoms with Gasteiger partial charge in [-0.1, -0.05) is 22.9 Å². The number of amides is 2. The molecule has 3 heterocycles. The number of alkyl halides is 3. The normalized spacial score (nSPS) is 11.9. The molecule has 3 aromatic heterocycles. The van der Waals surface area contributed by atoms with E-state index in [1.165, 1.54) is 16.9 Å². The van der Waals surface area contributed by atoms with Gasteiger partial charge in [-0.05, 0) is 70.0 Å². The van der Waals surface area contributed by atoms with Crippen LogP contribution < -0.4 is 10.6 Å². The fourth-order valence-electron chi connectivity index (χ4n) is 3.93. The van der Waals surface area contributed by atoms with Crippen molar-refractivity contribution in [3.8, 4) is 5.82 Å². The van der Waals surface area contributed by atoms with E-state index in [9.17, 15) is 22.8 Å². The molecule has 0 radical (unpaired) electrons. The Hall–Kier alpha value is -4.26. The molecule has 2 amide bonds. The molecule has 0 atom stereocenters. The van der Waals surface area contributed by atoms with Crippen molar-refractivity contribution >= 4 is 29.1 Å². The number of nitrogens with zero attached hydrogens (tertiary/aromatic N) is 6. The number of aromatic nitrogens is 6. The maximum atomic E-state index is 13.7. The Labute approximate surface area is 232 Å². The average molecular weight is 575 g/mol. The van der Waals surface area contributed by atoms with E-state index < -0.39 is 23.3 Å². The number of aryl methyl sites for hydroxylation is 2. The van der Waals surface area contributed by atoms with Crippen LogP contribution >= 0.6 is 11.6 Å². The number of anilines is 1. The maximum Gasteiger partial charge on any atom is 0.436 e. The van der Waals surface area contributed by atoms with Crippen molar-refractivity contribution in [3.63, 3.8) is 0 Å². The molecule has 0 saturated carbocycles. The number of hydrogen-bond acceptors (Lipinski definition) is 6. The molecular formula is C26H26ClF3N8O2. The SMILES string of the molecule is Cc1cc(C)c(NC(=O)c2cc(Cn3cc(C(F)(F)F)nn3)nn2-c2ncccc2Cl)c(C(=O)NC(C)(C)C)c1. The smallest absolute Gasteiger partial charge is 0.347 e. The minimum Gasteiger partial charge on any atom is -0.347 e. The first-order chi connectivity index (χ1) is 18.6. The number of carbonyl (C=O) groups excluding carboxylic acids is 2. The molecule has 0 spiro atoms.